The molecule has 0 bridgehead atoms. The van der Waals surface area contributed by atoms with Crippen molar-refractivity contribution in [1.82, 2.24) is 15.1 Å². The average molecular weight is 318 g/mol. The first kappa shape index (κ1) is 15.0. The van der Waals surface area contributed by atoms with Crippen molar-refractivity contribution in [1.29, 1.82) is 0 Å². The fraction of sp³-hybridized carbons (Fsp3) is 0.667. The van der Waals surface area contributed by atoms with E-state index in [4.69, 9.17) is 0 Å². The monoisotopic (exact) mass is 317 g/mol. The van der Waals surface area contributed by atoms with Gasteiger partial charge in [-0.1, -0.05) is 22.5 Å². The first-order valence-corrected chi connectivity index (χ1v) is 6.78. The maximum absolute atomic E-state index is 11.9. The number of likely N-dealkylation sites (tertiary alicyclic amines) is 1. The molecule has 1 saturated heterocycles. The summed E-state index contributed by atoms with van der Waals surface area (Å²) in [6, 6.07) is -0.0302. The highest BCUT2D eigenvalue weighted by atomic mass is 79.9. The number of piperidine rings is 1. The van der Waals surface area contributed by atoms with Crippen LogP contribution in [-0.2, 0) is 4.79 Å². The van der Waals surface area contributed by atoms with Crippen LogP contribution in [0.15, 0.2) is 11.1 Å². The zero-order valence-corrected chi connectivity index (χ0v) is 12.5. The van der Waals surface area contributed by atoms with Crippen LogP contribution in [0.4, 0.5) is 4.79 Å². The summed E-state index contributed by atoms with van der Waals surface area (Å²) in [4.78, 5) is 27.0. The van der Waals surface area contributed by atoms with Gasteiger partial charge in [0.2, 0.25) is 5.91 Å². The van der Waals surface area contributed by atoms with Gasteiger partial charge in [0.05, 0.1) is 5.92 Å². The number of nitrogens with zero attached hydrogens (tertiary/aromatic N) is 2. The lowest BCUT2D eigenvalue weighted by Gasteiger charge is -2.33. The van der Waals surface area contributed by atoms with Gasteiger partial charge in [0.25, 0.3) is 0 Å². The van der Waals surface area contributed by atoms with Crippen molar-refractivity contribution in [2.75, 3.05) is 33.7 Å². The summed E-state index contributed by atoms with van der Waals surface area (Å²) in [5.74, 6) is -0.124. The molecule has 6 heteroatoms. The van der Waals surface area contributed by atoms with Crippen molar-refractivity contribution < 1.29 is 9.59 Å². The summed E-state index contributed by atoms with van der Waals surface area (Å²) in [7, 11) is 3.45. The number of nitrogens with one attached hydrogen (secondary N) is 1. The average Bonchev–Trinajstić information content (AvgIpc) is 2.34. The van der Waals surface area contributed by atoms with Crippen molar-refractivity contribution in [3.8, 4) is 0 Å². The predicted molar refractivity (Wildman–Crippen MR) is 74.5 cm³/mol. The van der Waals surface area contributed by atoms with E-state index in [0.717, 1.165) is 23.9 Å². The van der Waals surface area contributed by atoms with Gasteiger partial charge in [-0.3, -0.25) is 4.79 Å². The zero-order valence-electron chi connectivity index (χ0n) is 10.9. The fourth-order valence-electron chi connectivity index (χ4n) is 1.98. The molecule has 0 saturated carbocycles. The predicted octanol–water partition coefficient (Wildman–Crippen LogP) is 1.40. The van der Waals surface area contributed by atoms with E-state index in [1.54, 1.807) is 23.9 Å². The molecule has 1 N–H and O–H groups in total. The van der Waals surface area contributed by atoms with Gasteiger partial charge in [-0.15, -0.1) is 0 Å². The maximum Gasteiger partial charge on any atom is 0.319 e. The van der Waals surface area contributed by atoms with Crippen LogP contribution in [0.3, 0.4) is 0 Å². The van der Waals surface area contributed by atoms with Gasteiger partial charge < -0.3 is 15.1 Å². The molecule has 1 fully saturated rings. The molecule has 0 aromatic carbocycles. The van der Waals surface area contributed by atoms with Crippen LogP contribution in [-0.4, -0.2) is 55.5 Å². The van der Waals surface area contributed by atoms with E-state index >= 15 is 0 Å². The third kappa shape index (κ3) is 4.33. The molecule has 3 amide bonds. The summed E-state index contributed by atoms with van der Waals surface area (Å²) in [5, 5.41) is 2.80. The van der Waals surface area contributed by atoms with Crippen molar-refractivity contribution in [2.45, 2.75) is 12.8 Å². The third-order valence-electron chi connectivity index (χ3n) is 2.90. The quantitative estimate of drug-likeness (QED) is 0.855. The first-order valence-electron chi connectivity index (χ1n) is 5.99. The normalized spacial score (nSPS) is 19.3. The van der Waals surface area contributed by atoms with Crippen molar-refractivity contribution in [2.24, 2.45) is 5.92 Å². The largest absolute Gasteiger partial charge is 0.351 e. The Morgan fingerprint density at radius 2 is 2.17 bits per heavy atom. The van der Waals surface area contributed by atoms with Crippen molar-refractivity contribution >= 4 is 27.9 Å². The minimum absolute atomic E-state index is 0.00754. The highest BCUT2D eigenvalue weighted by Crippen LogP contribution is 2.17. The number of amides is 3. The Bertz CT molecular complexity index is 344. The number of carbonyl (C=O) groups excluding carboxylic acids is 2. The molecule has 0 radical (unpaired) electrons. The van der Waals surface area contributed by atoms with Gasteiger partial charge in [-0.2, -0.15) is 0 Å². The molecule has 1 aliphatic rings. The molecule has 5 nitrogen and oxygen atoms in total. The summed E-state index contributed by atoms with van der Waals surface area (Å²) >= 11 is 3.20. The Labute approximate surface area is 116 Å². The molecule has 1 atom stereocenters. The van der Waals surface area contributed by atoms with Gasteiger partial charge in [0, 0.05) is 38.2 Å². The summed E-state index contributed by atoms with van der Waals surface area (Å²) < 4.78 is 0.743. The SMILES string of the molecule is C=C(Br)CNC(=O)C1CCCN(C(=O)N(C)C)C1. The van der Waals surface area contributed by atoms with Crippen LogP contribution < -0.4 is 5.32 Å². The second-order valence-electron chi connectivity index (χ2n) is 4.70. The van der Waals surface area contributed by atoms with Crippen molar-refractivity contribution in [3.05, 3.63) is 11.1 Å². The molecule has 1 rings (SSSR count). The highest BCUT2D eigenvalue weighted by molar-refractivity contribution is 9.11. The molecule has 1 heterocycles. The fourth-order valence-corrected chi connectivity index (χ4v) is 2.12. The van der Waals surface area contributed by atoms with Gasteiger partial charge in [-0.05, 0) is 12.8 Å². The topological polar surface area (TPSA) is 52.7 Å². The van der Waals surface area contributed by atoms with Crippen LogP contribution >= 0.6 is 15.9 Å². The Balaban J connectivity index is 2.50. The molecule has 0 aliphatic carbocycles. The third-order valence-corrected chi connectivity index (χ3v) is 3.18. The van der Waals surface area contributed by atoms with E-state index in [-0.39, 0.29) is 17.9 Å². The molecule has 0 aromatic rings. The van der Waals surface area contributed by atoms with Gasteiger partial charge in [0.1, 0.15) is 0 Å². The molecular formula is C12H20BrN3O2. The Kier molecular flexibility index (Phi) is 5.65. The smallest absolute Gasteiger partial charge is 0.319 e. The minimum atomic E-state index is -0.116. The van der Waals surface area contributed by atoms with Crippen LogP contribution in [0.5, 0.6) is 0 Å². The second kappa shape index (κ2) is 6.78. The Morgan fingerprint density at radius 1 is 1.50 bits per heavy atom. The van der Waals surface area contributed by atoms with E-state index in [9.17, 15) is 9.59 Å². The van der Waals surface area contributed by atoms with Gasteiger partial charge in [-0.25, -0.2) is 4.79 Å². The molecule has 18 heavy (non-hydrogen) atoms. The van der Waals surface area contributed by atoms with Gasteiger partial charge in [0.15, 0.2) is 0 Å². The summed E-state index contributed by atoms with van der Waals surface area (Å²) in [5.41, 5.74) is 0. The van der Waals surface area contributed by atoms with Crippen LogP contribution in [0.2, 0.25) is 0 Å². The first-order chi connectivity index (χ1) is 8.41. The van der Waals surface area contributed by atoms with E-state index in [0.29, 0.717) is 13.1 Å². The summed E-state index contributed by atoms with van der Waals surface area (Å²) in [6.45, 7) is 5.32. The number of carbonyl (C=O) groups is 2. The van der Waals surface area contributed by atoms with Crippen LogP contribution in [0, 0.1) is 5.92 Å². The number of rotatable bonds is 3. The standard InChI is InChI=1S/C12H20BrN3O2/c1-9(13)7-14-11(17)10-5-4-6-16(8-10)12(18)15(2)3/h10H,1,4-8H2,2-3H3,(H,14,17). The maximum atomic E-state index is 11.9. The zero-order chi connectivity index (χ0) is 13.7. The Morgan fingerprint density at radius 3 is 2.72 bits per heavy atom. The minimum Gasteiger partial charge on any atom is -0.351 e. The molecule has 0 aromatic heterocycles. The lowest BCUT2D eigenvalue weighted by molar-refractivity contribution is -0.126. The lowest BCUT2D eigenvalue weighted by Crippen LogP contribution is -2.48. The molecular weight excluding hydrogens is 298 g/mol. The van der Waals surface area contributed by atoms with Gasteiger partial charge >= 0.3 is 6.03 Å². The molecule has 102 valence electrons. The second-order valence-corrected chi connectivity index (χ2v) is 5.82. The number of halogens is 1. The molecule has 1 aliphatic heterocycles. The molecule has 0 spiro atoms. The van der Waals surface area contributed by atoms with E-state index in [1.165, 1.54) is 0 Å². The number of hydrogen-bond acceptors (Lipinski definition) is 2. The number of urea groups is 1. The van der Waals surface area contributed by atoms with Crippen LogP contribution in [0.1, 0.15) is 12.8 Å². The lowest BCUT2D eigenvalue weighted by atomic mass is 9.97. The highest BCUT2D eigenvalue weighted by Gasteiger charge is 2.28. The van der Waals surface area contributed by atoms with Crippen molar-refractivity contribution in [3.63, 3.8) is 0 Å². The number of hydrogen-bond donors (Lipinski definition) is 1. The van der Waals surface area contributed by atoms with E-state index < -0.39 is 0 Å². The van der Waals surface area contributed by atoms with E-state index in [1.807, 2.05) is 0 Å². The Hall–Kier alpha value is -1.04. The molecule has 1 unspecified atom stereocenters. The van der Waals surface area contributed by atoms with Crippen LogP contribution in [0.25, 0.3) is 0 Å². The summed E-state index contributed by atoms with van der Waals surface area (Å²) in [6.07, 6.45) is 1.70. The van der Waals surface area contributed by atoms with E-state index in [2.05, 4.69) is 27.8 Å².